The maximum atomic E-state index is 12.2. The zero-order valence-electron chi connectivity index (χ0n) is 15.9. The number of hydrogen-bond donors (Lipinski definition) is 0. The number of benzene rings is 3. The van der Waals surface area contributed by atoms with Gasteiger partial charge in [0.05, 0.1) is 22.2 Å². The highest BCUT2D eigenvalue weighted by atomic mass is 16.6. The van der Waals surface area contributed by atoms with Gasteiger partial charge in [-0.2, -0.15) is 5.10 Å². The minimum absolute atomic E-state index is 0.00479. The summed E-state index contributed by atoms with van der Waals surface area (Å²) in [4.78, 5) is 23.2. The number of hydrogen-bond acceptors (Lipinski definition) is 4. The van der Waals surface area contributed by atoms with Crippen LogP contribution in [0.4, 0.5) is 5.69 Å². The van der Waals surface area contributed by atoms with Crippen LogP contribution in [0.15, 0.2) is 84.0 Å². The third-order valence-corrected chi connectivity index (χ3v) is 5.05. The molecule has 29 heavy (non-hydrogen) atoms. The first-order valence-corrected chi connectivity index (χ1v) is 9.31. The van der Waals surface area contributed by atoms with Gasteiger partial charge in [-0.1, -0.05) is 66.7 Å². The normalized spacial score (nSPS) is 15.8. The van der Waals surface area contributed by atoms with Gasteiger partial charge in [-0.25, -0.2) is 5.01 Å². The van der Waals surface area contributed by atoms with E-state index in [-0.39, 0.29) is 17.6 Å². The molecular formula is C23H19N3O3. The van der Waals surface area contributed by atoms with Crippen molar-refractivity contribution >= 4 is 17.3 Å². The van der Waals surface area contributed by atoms with Gasteiger partial charge in [0.1, 0.15) is 0 Å². The highest BCUT2D eigenvalue weighted by molar-refractivity contribution is 6.06. The third kappa shape index (κ3) is 3.65. The smallest absolute Gasteiger partial charge is 0.273 e. The molecule has 3 aromatic rings. The largest absolute Gasteiger partial charge is 0.278 e. The summed E-state index contributed by atoms with van der Waals surface area (Å²) in [6.07, 6.45) is 0.426. The molecule has 0 aliphatic carbocycles. The monoisotopic (exact) mass is 385 g/mol. The molecule has 1 amide bonds. The first-order valence-electron chi connectivity index (χ1n) is 9.31. The lowest BCUT2D eigenvalue weighted by molar-refractivity contribution is -0.385. The quantitative estimate of drug-likeness (QED) is 0.470. The molecule has 1 heterocycles. The van der Waals surface area contributed by atoms with Crippen molar-refractivity contribution in [2.24, 2.45) is 5.10 Å². The zero-order chi connectivity index (χ0) is 20.4. The number of carbonyl (C=O) groups is 1. The number of para-hydroxylation sites is 1. The van der Waals surface area contributed by atoms with Crippen LogP contribution in [0, 0.1) is 10.1 Å². The second kappa shape index (κ2) is 7.67. The Labute approximate surface area is 168 Å². The first kappa shape index (κ1) is 18.6. The van der Waals surface area contributed by atoms with E-state index in [9.17, 15) is 14.9 Å². The van der Waals surface area contributed by atoms with Crippen molar-refractivity contribution in [1.82, 2.24) is 5.01 Å². The van der Waals surface area contributed by atoms with Gasteiger partial charge in [-0.3, -0.25) is 14.9 Å². The van der Waals surface area contributed by atoms with E-state index in [4.69, 9.17) is 0 Å². The molecule has 144 valence electrons. The van der Waals surface area contributed by atoms with Gasteiger partial charge in [0.15, 0.2) is 0 Å². The van der Waals surface area contributed by atoms with E-state index in [1.165, 1.54) is 18.0 Å². The van der Waals surface area contributed by atoms with E-state index in [1.54, 1.807) is 18.2 Å². The lowest BCUT2D eigenvalue weighted by Gasteiger charge is -2.20. The third-order valence-electron chi connectivity index (χ3n) is 5.05. The van der Waals surface area contributed by atoms with Crippen molar-refractivity contribution in [2.45, 2.75) is 19.4 Å². The van der Waals surface area contributed by atoms with Crippen molar-refractivity contribution in [1.29, 1.82) is 0 Å². The van der Waals surface area contributed by atoms with Gasteiger partial charge in [-0.05, 0) is 22.8 Å². The summed E-state index contributed by atoms with van der Waals surface area (Å²) in [7, 11) is 0. The van der Waals surface area contributed by atoms with E-state index in [1.807, 2.05) is 54.6 Å². The summed E-state index contributed by atoms with van der Waals surface area (Å²) in [6, 6.07) is 24.3. The summed E-state index contributed by atoms with van der Waals surface area (Å²) < 4.78 is 0. The predicted molar refractivity (Wildman–Crippen MR) is 111 cm³/mol. The van der Waals surface area contributed by atoms with Crippen LogP contribution in [-0.4, -0.2) is 21.6 Å². The molecule has 0 fully saturated rings. The lowest BCUT2D eigenvalue weighted by Crippen LogP contribution is -2.24. The standard InChI is InChI=1S/C23H19N3O3/c1-16(27)25-23(15-21(24-25)20-9-5-6-10-22(20)26(28)29)19-13-11-18(12-14-19)17-7-3-2-4-8-17/h2-14,23H,15H2,1H3. The highest BCUT2D eigenvalue weighted by Crippen LogP contribution is 2.35. The Hall–Kier alpha value is -3.80. The Morgan fingerprint density at radius 1 is 0.966 bits per heavy atom. The number of hydrazone groups is 1. The first-order chi connectivity index (χ1) is 14.0. The second-order valence-corrected chi connectivity index (χ2v) is 6.89. The van der Waals surface area contributed by atoms with E-state index in [0.717, 1.165) is 16.7 Å². The van der Waals surface area contributed by atoms with E-state index in [2.05, 4.69) is 5.10 Å². The van der Waals surface area contributed by atoms with Crippen molar-refractivity contribution < 1.29 is 9.72 Å². The van der Waals surface area contributed by atoms with Gasteiger partial charge in [0.2, 0.25) is 5.91 Å². The Bertz CT molecular complexity index is 1090. The summed E-state index contributed by atoms with van der Waals surface area (Å²) in [5.74, 6) is -0.198. The molecule has 0 aromatic heterocycles. The molecular weight excluding hydrogens is 366 g/mol. The van der Waals surface area contributed by atoms with Crippen LogP contribution in [-0.2, 0) is 4.79 Å². The van der Waals surface area contributed by atoms with Crippen molar-refractivity contribution in [2.75, 3.05) is 0 Å². The molecule has 0 saturated heterocycles. The van der Waals surface area contributed by atoms with Crippen molar-refractivity contribution in [3.05, 3.63) is 100 Å². The molecule has 0 radical (unpaired) electrons. The fraction of sp³-hybridized carbons (Fsp3) is 0.130. The Kier molecular flexibility index (Phi) is 4.91. The predicted octanol–water partition coefficient (Wildman–Crippen LogP) is 4.96. The average molecular weight is 385 g/mol. The van der Waals surface area contributed by atoms with Gasteiger partial charge in [0.25, 0.3) is 5.69 Å². The van der Waals surface area contributed by atoms with Gasteiger partial charge >= 0.3 is 0 Å². The van der Waals surface area contributed by atoms with E-state index >= 15 is 0 Å². The summed E-state index contributed by atoms with van der Waals surface area (Å²) in [5, 5.41) is 17.2. The van der Waals surface area contributed by atoms with E-state index < -0.39 is 4.92 Å². The summed E-state index contributed by atoms with van der Waals surface area (Å²) in [5.41, 5.74) is 4.14. The molecule has 0 saturated carbocycles. The van der Waals surface area contributed by atoms with Crippen LogP contribution in [0.25, 0.3) is 11.1 Å². The van der Waals surface area contributed by atoms with Crippen LogP contribution in [0.2, 0.25) is 0 Å². The molecule has 3 aromatic carbocycles. The van der Waals surface area contributed by atoms with Crippen LogP contribution < -0.4 is 0 Å². The van der Waals surface area contributed by atoms with Crippen LogP contribution in [0.1, 0.15) is 30.5 Å². The average Bonchev–Trinajstić information content (AvgIpc) is 3.20. The molecule has 6 heteroatoms. The number of rotatable bonds is 4. The highest BCUT2D eigenvalue weighted by Gasteiger charge is 2.33. The molecule has 1 aliphatic rings. The molecule has 0 bridgehead atoms. The Morgan fingerprint density at radius 2 is 1.59 bits per heavy atom. The van der Waals surface area contributed by atoms with E-state index in [0.29, 0.717) is 17.7 Å². The van der Waals surface area contributed by atoms with Gasteiger partial charge in [-0.15, -0.1) is 0 Å². The maximum absolute atomic E-state index is 12.2. The molecule has 4 rings (SSSR count). The Balaban J connectivity index is 1.66. The topological polar surface area (TPSA) is 75.8 Å². The molecule has 1 atom stereocenters. The summed E-state index contributed by atoms with van der Waals surface area (Å²) in [6.45, 7) is 1.46. The minimum Gasteiger partial charge on any atom is -0.273 e. The fourth-order valence-corrected chi connectivity index (χ4v) is 3.63. The molecule has 0 N–H and O–H groups in total. The van der Waals surface area contributed by atoms with Crippen molar-refractivity contribution in [3.8, 4) is 11.1 Å². The number of amides is 1. The van der Waals surface area contributed by atoms with Crippen molar-refractivity contribution in [3.63, 3.8) is 0 Å². The number of nitrogens with zero attached hydrogens (tertiary/aromatic N) is 3. The Morgan fingerprint density at radius 3 is 2.24 bits per heavy atom. The molecule has 0 spiro atoms. The van der Waals surface area contributed by atoms with Crippen LogP contribution in [0.3, 0.4) is 0 Å². The SMILES string of the molecule is CC(=O)N1N=C(c2ccccc2[N+](=O)[O-])CC1c1ccc(-c2ccccc2)cc1. The minimum atomic E-state index is -0.419. The molecule has 6 nitrogen and oxygen atoms in total. The van der Waals surface area contributed by atoms with Crippen LogP contribution in [0.5, 0.6) is 0 Å². The van der Waals surface area contributed by atoms with Gasteiger partial charge < -0.3 is 0 Å². The number of nitro benzene ring substituents is 1. The number of carbonyl (C=O) groups excluding carboxylic acids is 1. The summed E-state index contributed by atoms with van der Waals surface area (Å²) >= 11 is 0. The fourth-order valence-electron chi connectivity index (χ4n) is 3.63. The number of nitro groups is 1. The zero-order valence-corrected chi connectivity index (χ0v) is 15.9. The maximum Gasteiger partial charge on any atom is 0.278 e. The lowest BCUT2D eigenvalue weighted by atomic mass is 9.95. The second-order valence-electron chi connectivity index (χ2n) is 6.89. The van der Waals surface area contributed by atoms with Crippen LogP contribution >= 0.6 is 0 Å². The molecule has 1 aliphatic heterocycles. The van der Waals surface area contributed by atoms with Gasteiger partial charge in [0, 0.05) is 19.4 Å². The molecule has 1 unspecified atom stereocenters.